The number of aromatic nitrogens is 1. The van der Waals surface area contributed by atoms with Gasteiger partial charge in [-0.1, -0.05) is 26.7 Å². The number of rotatable bonds is 2. The Labute approximate surface area is 243 Å². The molecule has 1 aliphatic heterocycles. The van der Waals surface area contributed by atoms with Crippen LogP contribution in [0.3, 0.4) is 0 Å². The number of imide groups is 1. The predicted molar refractivity (Wildman–Crippen MR) is 143 cm³/mol. The molecule has 1 radical (unpaired) electrons. The van der Waals surface area contributed by atoms with Gasteiger partial charge in [-0.05, 0) is 59.6 Å². The number of allylic oxidation sites excluding steroid dienone is 1. The Bertz CT molecular complexity index is 1020. The summed E-state index contributed by atoms with van der Waals surface area (Å²) in [6, 6.07) is 4.99. The van der Waals surface area contributed by atoms with Gasteiger partial charge >= 0.3 is 0 Å². The van der Waals surface area contributed by atoms with Crippen molar-refractivity contribution in [2.24, 2.45) is 20.6 Å². The number of carbonyl (C=O) groups excluding carboxylic acids is 3. The van der Waals surface area contributed by atoms with Crippen molar-refractivity contribution in [2.75, 3.05) is 0 Å². The van der Waals surface area contributed by atoms with E-state index in [1.165, 1.54) is 34.6 Å². The number of nitrogens with zero attached hydrogens (tertiary/aromatic N) is 6. The van der Waals surface area contributed by atoms with Crippen molar-refractivity contribution in [2.45, 2.75) is 72.4 Å². The fraction of sp³-hybridized carbons (Fsp3) is 0.440. The summed E-state index contributed by atoms with van der Waals surface area (Å²) < 4.78 is 0. The first-order valence-corrected chi connectivity index (χ1v) is 11.7. The van der Waals surface area contributed by atoms with Crippen LogP contribution in [0.25, 0.3) is 0 Å². The zero-order chi connectivity index (χ0) is 30.0. The average molecular weight is 606 g/mol. The van der Waals surface area contributed by atoms with Gasteiger partial charge in [0.05, 0.1) is 0 Å². The molecule has 1 saturated heterocycles. The van der Waals surface area contributed by atoms with Crippen LogP contribution in [0.1, 0.15) is 60.8 Å². The van der Waals surface area contributed by atoms with Gasteiger partial charge in [0.2, 0.25) is 11.8 Å². The van der Waals surface area contributed by atoms with Crippen molar-refractivity contribution in [3.05, 3.63) is 42.7 Å². The molecule has 1 spiro atoms. The number of oxime groups is 4. The summed E-state index contributed by atoms with van der Waals surface area (Å²) in [5.74, 6) is -0.944. The molecule has 0 saturated carbocycles. The number of hydrogen-bond acceptors (Lipinski definition) is 12. The second kappa shape index (κ2) is 19.9. The molecule has 1 aromatic rings. The van der Waals surface area contributed by atoms with Gasteiger partial charge in [0, 0.05) is 36.1 Å². The van der Waals surface area contributed by atoms with E-state index in [-0.39, 0.29) is 34.5 Å². The molecule has 40 heavy (non-hydrogen) atoms. The standard InChI is InChI=1S/C12H15N2O3.C5H5N.2C4H8N2O2.Co/c1-8-10(16)13-12(6-4-3-5-7-12)11(17)14(8)9(2)15;1-2-4-6-5-3-1;2*1-3(5-7)4(2)6-8;/h4,8H,5-7H2,1-2H3,(H,13,16);1-5H;2*7-8H,1-2H3;/q-1;;;;/b;;2*5-3+,6-4+;/t8-,12-;;;;/m0..../s1. The summed E-state index contributed by atoms with van der Waals surface area (Å²) in [6.07, 6.45) is 9.81. The molecule has 15 heteroatoms. The molecule has 1 fully saturated rings. The van der Waals surface area contributed by atoms with E-state index < -0.39 is 11.6 Å². The van der Waals surface area contributed by atoms with Gasteiger partial charge in [0.15, 0.2) is 0 Å². The Kier molecular flexibility index (Phi) is 18.9. The molecule has 0 bridgehead atoms. The van der Waals surface area contributed by atoms with Crippen LogP contribution >= 0.6 is 0 Å². The van der Waals surface area contributed by atoms with Gasteiger partial charge in [-0.25, -0.2) is 0 Å². The van der Waals surface area contributed by atoms with Crippen molar-refractivity contribution in [3.63, 3.8) is 0 Å². The molecular formula is C25H36CoN7O7-. The summed E-state index contributed by atoms with van der Waals surface area (Å²) >= 11 is 0. The third-order valence-corrected chi connectivity index (χ3v) is 5.60. The quantitative estimate of drug-likeness (QED) is 0.146. The molecule has 1 aliphatic carbocycles. The minimum atomic E-state index is -0.930. The zero-order valence-electron chi connectivity index (χ0n) is 23.2. The van der Waals surface area contributed by atoms with Crippen molar-refractivity contribution in [1.29, 1.82) is 0 Å². The Morgan fingerprint density at radius 2 is 1.38 bits per heavy atom. The SMILES string of the molecule is CC(=N\O)/C(C)=N/O.CC(=N\O)/C(C)=N/O.CC(=O)N1C(=O)[C@@]2(CC=[C-]CC2)NC(=O)[C@@H]1C.[Co].c1ccncc1. The van der Waals surface area contributed by atoms with Crippen LogP contribution < -0.4 is 5.32 Å². The first-order chi connectivity index (χ1) is 18.4. The van der Waals surface area contributed by atoms with E-state index in [1.54, 1.807) is 25.4 Å². The van der Waals surface area contributed by atoms with Crippen LogP contribution in [0, 0.1) is 6.08 Å². The normalized spacial score (nSPS) is 20.9. The minimum Gasteiger partial charge on any atom is -0.500 e. The topological polar surface area (TPSA) is 210 Å². The molecule has 14 nitrogen and oxygen atoms in total. The van der Waals surface area contributed by atoms with E-state index in [1.807, 2.05) is 18.2 Å². The van der Waals surface area contributed by atoms with Gasteiger partial charge in [-0.15, -0.1) is 0 Å². The molecule has 2 aliphatic rings. The van der Waals surface area contributed by atoms with Gasteiger partial charge in [0.1, 0.15) is 34.4 Å². The fourth-order valence-corrected chi connectivity index (χ4v) is 2.98. The molecule has 2 atom stereocenters. The zero-order valence-corrected chi connectivity index (χ0v) is 24.2. The summed E-state index contributed by atoms with van der Waals surface area (Å²) in [5.41, 5.74) is 0.320. The van der Waals surface area contributed by atoms with Crippen molar-refractivity contribution in [1.82, 2.24) is 15.2 Å². The van der Waals surface area contributed by atoms with Crippen molar-refractivity contribution in [3.8, 4) is 0 Å². The van der Waals surface area contributed by atoms with Gasteiger partial charge in [0.25, 0.3) is 5.91 Å². The number of nitrogens with one attached hydrogen (secondary N) is 1. The molecule has 1 aromatic heterocycles. The first-order valence-electron chi connectivity index (χ1n) is 11.7. The van der Waals surface area contributed by atoms with Gasteiger partial charge in [-0.3, -0.25) is 30.3 Å². The summed E-state index contributed by atoms with van der Waals surface area (Å²) in [6.45, 7) is 9.02. The van der Waals surface area contributed by atoms with E-state index in [0.29, 0.717) is 42.1 Å². The third kappa shape index (κ3) is 12.2. The second-order valence-electron chi connectivity index (χ2n) is 8.32. The third-order valence-electron chi connectivity index (χ3n) is 5.60. The van der Waals surface area contributed by atoms with E-state index >= 15 is 0 Å². The van der Waals surface area contributed by atoms with Gasteiger partial charge < -0.3 is 32.2 Å². The molecule has 3 rings (SSSR count). The molecule has 3 amide bonds. The fourth-order valence-electron chi connectivity index (χ4n) is 2.98. The Morgan fingerprint density at radius 3 is 1.65 bits per heavy atom. The second-order valence-corrected chi connectivity index (χ2v) is 8.32. The van der Waals surface area contributed by atoms with E-state index in [9.17, 15) is 14.4 Å². The maximum atomic E-state index is 12.3. The van der Waals surface area contributed by atoms with Crippen LogP contribution in [0.15, 0.2) is 57.3 Å². The van der Waals surface area contributed by atoms with Crippen molar-refractivity contribution < 1.29 is 52.0 Å². The Hall–Kier alpha value is -4.11. The van der Waals surface area contributed by atoms with Crippen LogP contribution in [-0.4, -0.2) is 82.9 Å². The minimum absolute atomic E-state index is 0. The van der Waals surface area contributed by atoms with Gasteiger partial charge in [-0.2, -0.15) is 6.42 Å². The van der Waals surface area contributed by atoms with Crippen molar-refractivity contribution >= 4 is 40.6 Å². The summed E-state index contributed by atoms with van der Waals surface area (Å²) in [7, 11) is 0. The van der Waals surface area contributed by atoms with Crippen LogP contribution in [0.5, 0.6) is 0 Å². The monoisotopic (exact) mass is 605 g/mol. The molecule has 223 valence electrons. The molecule has 2 heterocycles. The predicted octanol–water partition coefficient (Wildman–Crippen LogP) is 2.61. The molecule has 0 aromatic carbocycles. The Balaban J connectivity index is 0. The van der Waals surface area contributed by atoms with E-state index in [2.05, 4.69) is 37.0 Å². The molecular weight excluding hydrogens is 569 g/mol. The number of pyridine rings is 1. The number of piperazine rings is 1. The first kappa shape index (κ1) is 38.0. The van der Waals surface area contributed by atoms with E-state index in [4.69, 9.17) is 20.8 Å². The molecule has 5 N–H and O–H groups in total. The number of hydrogen-bond donors (Lipinski definition) is 5. The Morgan fingerprint density at radius 1 is 0.925 bits per heavy atom. The number of amides is 3. The summed E-state index contributed by atoms with van der Waals surface area (Å²) in [4.78, 5) is 40.5. The average Bonchev–Trinajstić information content (AvgIpc) is 2.96. The maximum absolute atomic E-state index is 12.3. The smallest absolute Gasteiger partial charge is 0.255 e. The largest absolute Gasteiger partial charge is 0.500 e. The number of carbonyl (C=O) groups is 3. The maximum Gasteiger partial charge on any atom is 0.255 e. The molecule has 0 unspecified atom stereocenters. The van der Waals surface area contributed by atoms with Crippen LogP contribution in [0.4, 0.5) is 0 Å². The van der Waals surface area contributed by atoms with Crippen LogP contribution in [0.2, 0.25) is 0 Å². The summed E-state index contributed by atoms with van der Waals surface area (Å²) in [5, 5.41) is 46.0. The van der Waals surface area contributed by atoms with E-state index in [0.717, 1.165) is 4.90 Å². The van der Waals surface area contributed by atoms with Crippen LogP contribution in [-0.2, 0) is 31.2 Å².